The Hall–Kier alpha value is -1.84. The Balaban J connectivity index is 2.84. The number of rotatable bonds is 4. The lowest BCUT2D eigenvalue weighted by Gasteiger charge is -2.15. The molecule has 1 aromatic rings. The molecule has 86 valence electrons. The Morgan fingerprint density at radius 1 is 1.25 bits per heavy atom. The zero-order valence-corrected chi connectivity index (χ0v) is 8.41. The molecule has 0 spiro atoms. The molecule has 3 nitrogen and oxygen atoms in total. The Bertz CT molecular complexity index is 414. The summed E-state index contributed by atoms with van der Waals surface area (Å²) in [5.74, 6) is 0.249. The standard InChI is InChI=1S/C9H8BF3NO2/c1-15-8-2-7(5-14)3-9(4-8)16-6-10(11,12)13/h2-4H,6H2,1H3/q-1. The summed E-state index contributed by atoms with van der Waals surface area (Å²) in [6, 6.07) is 5.73. The monoisotopic (exact) mass is 230 g/mol. The van der Waals surface area contributed by atoms with Crippen LogP contribution in [-0.4, -0.2) is 20.6 Å². The van der Waals surface area contributed by atoms with Crippen molar-refractivity contribution in [2.45, 2.75) is 0 Å². The van der Waals surface area contributed by atoms with E-state index in [1.807, 2.05) is 0 Å². The van der Waals surface area contributed by atoms with Crippen LogP contribution >= 0.6 is 0 Å². The van der Waals surface area contributed by atoms with E-state index < -0.39 is 13.5 Å². The molecule has 0 unspecified atom stereocenters. The maximum atomic E-state index is 11.9. The van der Waals surface area contributed by atoms with Gasteiger partial charge in [-0.25, -0.2) is 0 Å². The number of methoxy groups -OCH3 is 1. The zero-order valence-electron chi connectivity index (χ0n) is 8.41. The number of nitriles is 1. The summed E-state index contributed by atoms with van der Waals surface area (Å²) < 4.78 is 45.2. The molecule has 1 aromatic carbocycles. The fourth-order valence-electron chi connectivity index (χ4n) is 1.03. The van der Waals surface area contributed by atoms with E-state index in [-0.39, 0.29) is 17.1 Å². The summed E-state index contributed by atoms with van der Waals surface area (Å²) in [6.45, 7) is -6.34. The molecule has 0 heterocycles. The molecule has 1 rings (SSSR count). The highest BCUT2D eigenvalue weighted by Crippen LogP contribution is 2.23. The highest BCUT2D eigenvalue weighted by Gasteiger charge is 2.24. The minimum absolute atomic E-state index is 0.0323. The van der Waals surface area contributed by atoms with Crippen molar-refractivity contribution in [2.75, 3.05) is 13.6 Å². The summed E-state index contributed by atoms with van der Waals surface area (Å²) in [5.41, 5.74) is 0.184. The first kappa shape index (κ1) is 12.2. The number of hydrogen-bond acceptors (Lipinski definition) is 3. The summed E-state index contributed by atoms with van der Waals surface area (Å²) in [7, 11) is 1.36. The van der Waals surface area contributed by atoms with Crippen molar-refractivity contribution in [1.29, 1.82) is 5.26 Å². The second kappa shape index (κ2) is 4.79. The van der Waals surface area contributed by atoms with E-state index in [4.69, 9.17) is 10.00 Å². The molecule has 0 saturated heterocycles. The first-order valence-electron chi connectivity index (χ1n) is 4.37. The molecule has 0 atom stereocenters. The van der Waals surface area contributed by atoms with Gasteiger partial charge in [-0.1, -0.05) is 0 Å². The van der Waals surface area contributed by atoms with Gasteiger partial charge in [-0.3, -0.25) is 0 Å². The Kier molecular flexibility index (Phi) is 3.66. The maximum absolute atomic E-state index is 11.9. The Morgan fingerprint density at radius 3 is 2.38 bits per heavy atom. The normalized spacial score (nSPS) is 10.7. The molecule has 16 heavy (non-hydrogen) atoms. The van der Waals surface area contributed by atoms with Crippen molar-refractivity contribution >= 4 is 6.98 Å². The van der Waals surface area contributed by atoms with E-state index in [2.05, 4.69) is 4.74 Å². The lowest BCUT2D eigenvalue weighted by atomic mass is 9.95. The molecule has 0 bridgehead atoms. The topological polar surface area (TPSA) is 42.2 Å². The van der Waals surface area contributed by atoms with Gasteiger partial charge in [0, 0.05) is 6.07 Å². The molecule has 0 aliphatic heterocycles. The molecule has 0 radical (unpaired) electrons. The van der Waals surface area contributed by atoms with E-state index in [0.29, 0.717) is 0 Å². The minimum atomic E-state index is -5.01. The average molecular weight is 230 g/mol. The number of hydrogen-bond donors (Lipinski definition) is 0. The molecule has 0 saturated carbocycles. The third-order valence-electron chi connectivity index (χ3n) is 1.68. The van der Waals surface area contributed by atoms with E-state index in [1.54, 1.807) is 6.07 Å². The van der Waals surface area contributed by atoms with E-state index in [0.717, 1.165) is 0 Å². The van der Waals surface area contributed by atoms with Crippen LogP contribution in [0, 0.1) is 11.3 Å². The van der Waals surface area contributed by atoms with Crippen LogP contribution in [0.4, 0.5) is 12.9 Å². The number of ether oxygens (including phenoxy) is 2. The molecule has 0 aromatic heterocycles. The molecular formula is C9H8BF3NO2-. The van der Waals surface area contributed by atoms with Gasteiger partial charge < -0.3 is 22.4 Å². The molecule has 0 fully saturated rings. The molecule has 0 amide bonds. The van der Waals surface area contributed by atoms with E-state index in [9.17, 15) is 12.9 Å². The summed E-state index contributed by atoms with van der Waals surface area (Å²) in [5, 5.41) is 8.63. The van der Waals surface area contributed by atoms with Gasteiger partial charge in [0.2, 0.25) is 0 Å². The smallest absolute Gasteiger partial charge is 0.515 e. The van der Waals surface area contributed by atoms with Gasteiger partial charge in [-0.15, -0.1) is 0 Å². The second-order valence-electron chi connectivity index (χ2n) is 3.03. The van der Waals surface area contributed by atoms with Gasteiger partial charge in [0.25, 0.3) is 0 Å². The van der Waals surface area contributed by atoms with Crippen LogP contribution in [0.15, 0.2) is 18.2 Å². The fraction of sp³-hybridized carbons (Fsp3) is 0.222. The average Bonchev–Trinajstić information content (AvgIpc) is 2.25. The zero-order chi connectivity index (χ0) is 12.2. The summed E-state index contributed by atoms with van der Waals surface area (Å²) >= 11 is 0. The maximum Gasteiger partial charge on any atom is 0.515 e. The summed E-state index contributed by atoms with van der Waals surface area (Å²) in [6.07, 6.45) is 0. The van der Waals surface area contributed by atoms with Gasteiger partial charge in [-0.2, -0.15) is 5.26 Å². The van der Waals surface area contributed by atoms with Crippen LogP contribution in [0.5, 0.6) is 11.5 Å². The minimum Gasteiger partial charge on any atom is -0.522 e. The predicted molar refractivity (Wildman–Crippen MR) is 52.3 cm³/mol. The fourth-order valence-corrected chi connectivity index (χ4v) is 1.03. The van der Waals surface area contributed by atoms with Crippen molar-refractivity contribution in [2.24, 2.45) is 0 Å². The van der Waals surface area contributed by atoms with Crippen molar-refractivity contribution in [3.8, 4) is 17.6 Å². The van der Waals surface area contributed by atoms with Crippen molar-refractivity contribution in [3.05, 3.63) is 23.8 Å². The lowest BCUT2D eigenvalue weighted by molar-refractivity contribution is 0.311. The van der Waals surface area contributed by atoms with Crippen LogP contribution in [0.25, 0.3) is 0 Å². The number of halogens is 3. The molecule has 0 aliphatic carbocycles. The molecule has 7 heteroatoms. The van der Waals surface area contributed by atoms with Gasteiger partial charge in [0.15, 0.2) is 0 Å². The number of nitrogens with zero attached hydrogens (tertiary/aromatic N) is 1. The van der Waals surface area contributed by atoms with Crippen LogP contribution in [0.3, 0.4) is 0 Å². The SMILES string of the molecule is COc1cc(C#N)cc(OC[B-](F)(F)F)c1. The Morgan fingerprint density at radius 2 is 1.88 bits per heavy atom. The van der Waals surface area contributed by atoms with Crippen molar-refractivity contribution in [1.82, 2.24) is 0 Å². The molecule has 0 N–H and O–H groups in total. The van der Waals surface area contributed by atoms with Gasteiger partial charge in [0.1, 0.15) is 11.5 Å². The highest BCUT2D eigenvalue weighted by atomic mass is 19.4. The summed E-state index contributed by atoms with van der Waals surface area (Å²) in [4.78, 5) is 0. The Labute approximate surface area is 90.4 Å². The van der Waals surface area contributed by atoms with Crippen molar-refractivity contribution in [3.63, 3.8) is 0 Å². The molecule has 0 aliphatic rings. The first-order valence-corrected chi connectivity index (χ1v) is 4.37. The van der Waals surface area contributed by atoms with Crippen LogP contribution < -0.4 is 9.47 Å². The van der Waals surface area contributed by atoms with Gasteiger partial charge in [0.05, 0.1) is 25.2 Å². The highest BCUT2D eigenvalue weighted by molar-refractivity contribution is 6.58. The van der Waals surface area contributed by atoms with Gasteiger partial charge >= 0.3 is 6.98 Å². The van der Waals surface area contributed by atoms with Crippen molar-refractivity contribution < 1.29 is 22.4 Å². The third-order valence-corrected chi connectivity index (χ3v) is 1.68. The second-order valence-corrected chi connectivity index (χ2v) is 3.03. The number of benzene rings is 1. The third kappa shape index (κ3) is 3.73. The quantitative estimate of drug-likeness (QED) is 0.745. The first-order chi connectivity index (χ1) is 7.44. The largest absolute Gasteiger partial charge is 0.522 e. The predicted octanol–water partition coefficient (Wildman–Crippen LogP) is 2.33. The van der Waals surface area contributed by atoms with E-state index in [1.165, 1.54) is 25.3 Å². The van der Waals surface area contributed by atoms with E-state index >= 15 is 0 Å². The molecular weight excluding hydrogens is 222 g/mol. The van der Waals surface area contributed by atoms with Crippen LogP contribution in [0.1, 0.15) is 5.56 Å². The van der Waals surface area contributed by atoms with Crippen LogP contribution in [-0.2, 0) is 0 Å². The van der Waals surface area contributed by atoms with Gasteiger partial charge in [-0.05, 0) is 12.1 Å². The lowest BCUT2D eigenvalue weighted by Crippen LogP contribution is -2.26. The van der Waals surface area contributed by atoms with Crippen LogP contribution in [0.2, 0.25) is 0 Å².